The highest BCUT2D eigenvalue weighted by molar-refractivity contribution is 7.17. The number of rotatable bonds is 7. The van der Waals surface area contributed by atoms with Crippen molar-refractivity contribution < 1.29 is 19.4 Å². The van der Waals surface area contributed by atoms with E-state index in [1.807, 2.05) is 0 Å². The van der Waals surface area contributed by atoms with E-state index in [9.17, 15) is 9.90 Å². The molecule has 2 N–H and O–H groups in total. The van der Waals surface area contributed by atoms with Crippen LogP contribution in [-0.2, 0) is 6.61 Å². The van der Waals surface area contributed by atoms with Crippen molar-refractivity contribution >= 4 is 22.4 Å². The molecule has 1 aromatic carbocycles. The van der Waals surface area contributed by atoms with E-state index in [0.29, 0.717) is 22.6 Å². The van der Waals surface area contributed by atoms with Gasteiger partial charge in [0.25, 0.3) is 0 Å². The van der Waals surface area contributed by atoms with E-state index in [1.54, 1.807) is 31.4 Å². The fraction of sp³-hybridized carbons (Fsp3) is 0.333. The average Bonchev–Trinajstić information content (AvgIpc) is 3.23. The SMILES string of the molecule is COc1ccc(OCc2nc(NC3CC3)sc2C(=O)O)cc1. The minimum atomic E-state index is -0.977. The number of aromatic nitrogens is 1. The Kier molecular flexibility index (Phi) is 4.15. The van der Waals surface area contributed by atoms with E-state index in [4.69, 9.17) is 9.47 Å². The second-order valence-electron chi connectivity index (χ2n) is 4.98. The number of carboxylic acid groups (broad SMARTS) is 1. The molecule has 6 nitrogen and oxygen atoms in total. The second-order valence-corrected chi connectivity index (χ2v) is 5.98. The number of methoxy groups -OCH3 is 1. The van der Waals surface area contributed by atoms with Gasteiger partial charge < -0.3 is 19.9 Å². The fourth-order valence-electron chi connectivity index (χ4n) is 1.90. The summed E-state index contributed by atoms with van der Waals surface area (Å²) in [5.74, 6) is 0.402. The van der Waals surface area contributed by atoms with Gasteiger partial charge in [-0.25, -0.2) is 9.78 Å². The Hall–Kier alpha value is -2.28. The van der Waals surface area contributed by atoms with Crippen LogP contribution in [0.3, 0.4) is 0 Å². The van der Waals surface area contributed by atoms with Crippen LogP contribution in [0.5, 0.6) is 11.5 Å². The van der Waals surface area contributed by atoms with E-state index in [1.165, 1.54) is 0 Å². The van der Waals surface area contributed by atoms with Gasteiger partial charge in [-0.3, -0.25) is 0 Å². The number of carbonyl (C=O) groups is 1. The molecule has 2 aromatic rings. The first-order valence-corrected chi connectivity index (χ1v) is 7.73. The highest BCUT2D eigenvalue weighted by atomic mass is 32.1. The first kappa shape index (κ1) is 14.6. The molecule has 1 heterocycles. The number of aromatic carboxylic acids is 1. The Morgan fingerprint density at radius 1 is 1.36 bits per heavy atom. The molecule has 0 saturated heterocycles. The number of thiazole rings is 1. The molecule has 1 aromatic heterocycles. The van der Waals surface area contributed by atoms with Gasteiger partial charge >= 0.3 is 5.97 Å². The molecule has 1 aliphatic rings. The van der Waals surface area contributed by atoms with Crippen LogP contribution in [-0.4, -0.2) is 29.2 Å². The molecule has 116 valence electrons. The molecule has 3 rings (SSSR count). The Bertz CT molecular complexity index is 665. The predicted molar refractivity (Wildman–Crippen MR) is 83.0 cm³/mol. The highest BCUT2D eigenvalue weighted by Crippen LogP contribution is 2.30. The van der Waals surface area contributed by atoms with Crippen LogP contribution in [0.25, 0.3) is 0 Å². The van der Waals surface area contributed by atoms with Crippen LogP contribution in [0, 0.1) is 0 Å². The first-order valence-electron chi connectivity index (χ1n) is 6.92. The second kappa shape index (κ2) is 6.23. The quantitative estimate of drug-likeness (QED) is 0.816. The van der Waals surface area contributed by atoms with Crippen LogP contribution in [0.4, 0.5) is 5.13 Å². The topological polar surface area (TPSA) is 80.7 Å². The maximum absolute atomic E-state index is 11.3. The maximum atomic E-state index is 11.3. The number of carboxylic acids is 1. The molecule has 0 aliphatic heterocycles. The van der Waals surface area contributed by atoms with Crippen molar-refractivity contribution in [3.05, 3.63) is 34.8 Å². The number of benzene rings is 1. The lowest BCUT2D eigenvalue weighted by Gasteiger charge is -2.06. The van der Waals surface area contributed by atoms with Gasteiger partial charge in [-0.15, -0.1) is 0 Å². The smallest absolute Gasteiger partial charge is 0.348 e. The molecule has 0 unspecified atom stereocenters. The number of nitrogens with one attached hydrogen (secondary N) is 1. The van der Waals surface area contributed by atoms with E-state index >= 15 is 0 Å². The summed E-state index contributed by atoms with van der Waals surface area (Å²) in [7, 11) is 1.60. The predicted octanol–water partition coefficient (Wildman–Crippen LogP) is 3.00. The lowest BCUT2D eigenvalue weighted by atomic mass is 10.3. The summed E-state index contributed by atoms with van der Waals surface area (Å²) in [6, 6.07) is 7.55. The van der Waals surface area contributed by atoms with Crippen molar-refractivity contribution in [2.24, 2.45) is 0 Å². The molecule has 22 heavy (non-hydrogen) atoms. The van der Waals surface area contributed by atoms with Crippen LogP contribution < -0.4 is 14.8 Å². The molecule has 0 radical (unpaired) electrons. The van der Waals surface area contributed by atoms with Crippen molar-refractivity contribution in [1.82, 2.24) is 4.98 Å². The molecular formula is C15H16N2O4S. The lowest BCUT2D eigenvalue weighted by Crippen LogP contribution is -2.04. The third-order valence-corrected chi connectivity index (χ3v) is 4.25. The zero-order valence-electron chi connectivity index (χ0n) is 12.0. The summed E-state index contributed by atoms with van der Waals surface area (Å²) in [6.45, 7) is 0.122. The number of anilines is 1. The number of nitrogens with zero attached hydrogens (tertiary/aromatic N) is 1. The Morgan fingerprint density at radius 3 is 2.64 bits per heavy atom. The van der Waals surface area contributed by atoms with Gasteiger partial charge in [0.05, 0.1) is 7.11 Å². The van der Waals surface area contributed by atoms with Crippen molar-refractivity contribution in [2.75, 3.05) is 12.4 Å². The molecular weight excluding hydrogens is 304 g/mol. The highest BCUT2D eigenvalue weighted by Gasteiger charge is 2.24. The first-order chi connectivity index (χ1) is 10.7. The zero-order valence-corrected chi connectivity index (χ0v) is 12.9. The van der Waals surface area contributed by atoms with Gasteiger partial charge in [0.1, 0.15) is 28.7 Å². The van der Waals surface area contributed by atoms with E-state index in [-0.39, 0.29) is 11.5 Å². The third kappa shape index (κ3) is 3.48. The van der Waals surface area contributed by atoms with E-state index < -0.39 is 5.97 Å². The number of hydrogen-bond acceptors (Lipinski definition) is 6. The van der Waals surface area contributed by atoms with Gasteiger partial charge in [0.2, 0.25) is 0 Å². The lowest BCUT2D eigenvalue weighted by molar-refractivity contribution is 0.0699. The van der Waals surface area contributed by atoms with Crippen LogP contribution in [0.15, 0.2) is 24.3 Å². The zero-order chi connectivity index (χ0) is 15.5. The minimum Gasteiger partial charge on any atom is -0.497 e. The summed E-state index contributed by atoms with van der Waals surface area (Å²) >= 11 is 1.16. The molecule has 0 spiro atoms. The molecule has 0 bridgehead atoms. The normalized spacial score (nSPS) is 13.7. The Morgan fingerprint density at radius 2 is 2.05 bits per heavy atom. The summed E-state index contributed by atoms with van der Waals surface area (Å²) in [5.41, 5.74) is 0.441. The minimum absolute atomic E-state index is 0.122. The van der Waals surface area contributed by atoms with Crippen LogP contribution in [0.1, 0.15) is 28.2 Å². The standard InChI is InChI=1S/C15H16N2O4S/c1-20-10-4-6-11(7-5-10)21-8-12-13(14(18)19)22-15(17-12)16-9-2-3-9/h4-7,9H,2-3,8H2,1H3,(H,16,17)(H,18,19). The molecule has 1 fully saturated rings. The van der Waals surface area contributed by atoms with Gasteiger partial charge in [-0.2, -0.15) is 0 Å². The van der Waals surface area contributed by atoms with Crippen molar-refractivity contribution in [2.45, 2.75) is 25.5 Å². The van der Waals surface area contributed by atoms with Gasteiger partial charge in [0, 0.05) is 6.04 Å². The van der Waals surface area contributed by atoms with E-state index in [0.717, 1.165) is 29.9 Å². The van der Waals surface area contributed by atoms with Crippen LogP contribution in [0.2, 0.25) is 0 Å². The summed E-state index contributed by atoms with van der Waals surface area (Å²) in [5, 5.41) is 13.1. The molecule has 1 aliphatic carbocycles. The Balaban J connectivity index is 1.69. The summed E-state index contributed by atoms with van der Waals surface area (Å²) in [4.78, 5) is 15.9. The summed E-state index contributed by atoms with van der Waals surface area (Å²) < 4.78 is 10.7. The fourth-order valence-corrected chi connectivity index (χ4v) is 2.79. The van der Waals surface area contributed by atoms with Crippen molar-refractivity contribution in [1.29, 1.82) is 0 Å². The monoisotopic (exact) mass is 320 g/mol. The molecule has 7 heteroatoms. The van der Waals surface area contributed by atoms with Gasteiger partial charge in [-0.1, -0.05) is 11.3 Å². The molecule has 0 amide bonds. The number of hydrogen-bond donors (Lipinski definition) is 2. The van der Waals surface area contributed by atoms with Crippen molar-refractivity contribution in [3.63, 3.8) is 0 Å². The third-order valence-electron chi connectivity index (χ3n) is 3.23. The van der Waals surface area contributed by atoms with Gasteiger partial charge in [-0.05, 0) is 37.1 Å². The van der Waals surface area contributed by atoms with Crippen LogP contribution >= 0.6 is 11.3 Å². The summed E-state index contributed by atoms with van der Waals surface area (Å²) in [6.07, 6.45) is 2.22. The Labute approximate surface area is 131 Å². The maximum Gasteiger partial charge on any atom is 0.348 e. The number of ether oxygens (including phenoxy) is 2. The van der Waals surface area contributed by atoms with Gasteiger partial charge in [0.15, 0.2) is 5.13 Å². The molecule has 1 saturated carbocycles. The largest absolute Gasteiger partial charge is 0.497 e. The molecule has 0 atom stereocenters. The average molecular weight is 320 g/mol. The van der Waals surface area contributed by atoms with E-state index in [2.05, 4.69) is 10.3 Å². The van der Waals surface area contributed by atoms with Crippen molar-refractivity contribution in [3.8, 4) is 11.5 Å².